The Morgan fingerprint density at radius 3 is 3.50 bits per heavy atom. The summed E-state index contributed by atoms with van der Waals surface area (Å²) in [6.07, 6.45) is 4.97. The van der Waals surface area contributed by atoms with Gasteiger partial charge in [0.1, 0.15) is 0 Å². The molecule has 44 valence electrons. The zero-order valence-electron chi connectivity index (χ0n) is 4.89. The van der Waals surface area contributed by atoms with E-state index in [0.29, 0.717) is 0 Å². The number of hydrogen-bond acceptors (Lipinski definition) is 1. The van der Waals surface area contributed by atoms with Crippen molar-refractivity contribution < 1.29 is 4.74 Å². The Labute approximate surface area is 49.3 Å². The van der Waals surface area contributed by atoms with Gasteiger partial charge in [-0.3, -0.25) is 0 Å². The van der Waals surface area contributed by atoms with Crippen LogP contribution in [0.2, 0.25) is 0 Å². The van der Waals surface area contributed by atoms with Crippen LogP contribution in [0.3, 0.4) is 0 Å². The highest BCUT2D eigenvalue weighted by Crippen LogP contribution is 2.30. The van der Waals surface area contributed by atoms with Gasteiger partial charge in [0, 0.05) is 5.92 Å². The predicted molar refractivity (Wildman–Crippen MR) is 31.6 cm³/mol. The van der Waals surface area contributed by atoms with E-state index in [2.05, 4.69) is 6.08 Å². The van der Waals surface area contributed by atoms with Crippen molar-refractivity contribution in [1.82, 2.24) is 0 Å². The minimum absolute atomic E-state index is 0.815. The van der Waals surface area contributed by atoms with Gasteiger partial charge in [0.15, 0.2) is 0 Å². The Balaban J connectivity index is 2.20. The lowest BCUT2D eigenvalue weighted by molar-refractivity contribution is 0.185. The summed E-state index contributed by atoms with van der Waals surface area (Å²) in [5.41, 5.74) is 1.56. The van der Waals surface area contributed by atoms with E-state index < -0.39 is 0 Å². The molecule has 1 aliphatic heterocycles. The summed E-state index contributed by atoms with van der Waals surface area (Å²) in [6.45, 7) is 1.91. The molecule has 1 saturated heterocycles. The number of allylic oxidation sites excluding steroid dienone is 1. The first-order chi connectivity index (χ1) is 3.97. The molecular weight excluding hydrogens is 100 g/mol. The SMILES string of the molecule is C1=C2COCC2CC1. The first kappa shape index (κ1) is 4.57. The Hall–Kier alpha value is -0.300. The second-order valence-corrected chi connectivity index (χ2v) is 2.57. The standard InChI is InChI=1S/C7H10O/c1-2-6-4-8-5-7(6)3-1/h2,7H,1,3-5H2. The van der Waals surface area contributed by atoms with Gasteiger partial charge < -0.3 is 4.74 Å². The maximum atomic E-state index is 5.24. The Morgan fingerprint density at radius 2 is 2.62 bits per heavy atom. The second-order valence-electron chi connectivity index (χ2n) is 2.57. The van der Waals surface area contributed by atoms with Crippen LogP contribution in [-0.4, -0.2) is 13.2 Å². The van der Waals surface area contributed by atoms with Gasteiger partial charge in [-0.2, -0.15) is 0 Å². The van der Waals surface area contributed by atoms with E-state index in [0.717, 1.165) is 19.1 Å². The summed E-state index contributed by atoms with van der Waals surface area (Å²) in [5.74, 6) is 0.815. The lowest BCUT2D eigenvalue weighted by atomic mass is 10.1. The van der Waals surface area contributed by atoms with Crippen LogP contribution in [0.25, 0.3) is 0 Å². The van der Waals surface area contributed by atoms with Crippen molar-refractivity contribution in [3.8, 4) is 0 Å². The van der Waals surface area contributed by atoms with Gasteiger partial charge in [-0.1, -0.05) is 6.08 Å². The average Bonchev–Trinajstić information content (AvgIpc) is 2.15. The molecule has 0 bridgehead atoms. The molecule has 1 heteroatoms. The van der Waals surface area contributed by atoms with E-state index in [1.54, 1.807) is 5.57 Å². The first-order valence-electron chi connectivity index (χ1n) is 3.23. The lowest BCUT2D eigenvalue weighted by Gasteiger charge is -1.96. The molecule has 0 radical (unpaired) electrons. The van der Waals surface area contributed by atoms with Gasteiger partial charge in [0.2, 0.25) is 0 Å². The fraction of sp³-hybridized carbons (Fsp3) is 0.714. The molecule has 2 aliphatic rings. The van der Waals surface area contributed by atoms with Gasteiger partial charge in [-0.05, 0) is 18.4 Å². The first-order valence-corrected chi connectivity index (χ1v) is 3.23. The van der Waals surface area contributed by atoms with Crippen molar-refractivity contribution in [2.24, 2.45) is 5.92 Å². The molecule has 1 atom stereocenters. The molecule has 0 N–H and O–H groups in total. The number of rotatable bonds is 0. The molecule has 1 unspecified atom stereocenters. The second kappa shape index (κ2) is 1.59. The normalized spacial score (nSPS) is 35.0. The molecule has 1 heterocycles. The monoisotopic (exact) mass is 110 g/mol. The molecule has 0 spiro atoms. The molecule has 8 heavy (non-hydrogen) atoms. The van der Waals surface area contributed by atoms with Crippen molar-refractivity contribution in [1.29, 1.82) is 0 Å². The van der Waals surface area contributed by atoms with Gasteiger partial charge in [0.25, 0.3) is 0 Å². The summed E-state index contributed by atoms with van der Waals surface area (Å²) in [7, 11) is 0. The average molecular weight is 110 g/mol. The summed E-state index contributed by atoms with van der Waals surface area (Å²) in [6, 6.07) is 0. The minimum atomic E-state index is 0.815. The Bertz CT molecular complexity index is 126. The van der Waals surface area contributed by atoms with Crippen LogP contribution in [0, 0.1) is 5.92 Å². The van der Waals surface area contributed by atoms with Crippen molar-refractivity contribution in [2.75, 3.05) is 13.2 Å². The van der Waals surface area contributed by atoms with Crippen molar-refractivity contribution >= 4 is 0 Å². The third kappa shape index (κ3) is 0.511. The molecule has 0 aromatic carbocycles. The third-order valence-corrected chi connectivity index (χ3v) is 2.03. The quantitative estimate of drug-likeness (QED) is 0.428. The van der Waals surface area contributed by atoms with Gasteiger partial charge in [0.05, 0.1) is 13.2 Å². The zero-order valence-corrected chi connectivity index (χ0v) is 4.89. The molecule has 0 saturated carbocycles. The molecular formula is C7H10O. The van der Waals surface area contributed by atoms with E-state index >= 15 is 0 Å². The van der Waals surface area contributed by atoms with Crippen LogP contribution in [0.4, 0.5) is 0 Å². The van der Waals surface area contributed by atoms with Crippen LogP contribution in [-0.2, 0) is 4.74 Å². The highest BCUT2D eigenvalue weighted by Gasteiger charge is 2.24. The largest absolute Gasteiger partial charge is 0.376 e. The summed E-state index contributed by atoms with van der Waals surface area (Å²) >= 11 is 0. The summed E-state index contributed by atoms with van der Waals surface area (Å²) < 4.78 is 5.24. The third-order valence-electron chi connectivity index (χ3n) is 2.03. The molecule has 1 nitrogen and oxygen atoms in total. The zero-order chi connectivity index (χ0) is 5.40. The number of ether oxygens (including phenoxy) is 1. The molecule has 0 aromatic rings. The van der Waals surface area contributed by atoms with E-state index in [4.69, 9.17) is 4.74 Å². The van der Waals surface area contributed by atoms with Gasteiger partial charge in [-0.15, -0.1) is 0 Å². The van der Waals surface area contributed by atoms with Crippen LogP contribution >= 0.6 is 0 Å². The predicted octanol–water partition coefficient (Wildman–Crippen LogP) is 1.35. The smallest absolute Gasteiger partial charge is 0.0680 e. The minimum Gasteiger partial charge on any atom is -0.376 e. The molecule has 1 fully saturated rings. The molecule has 1 aliphatic carbocycles. The number of hydrogen-bond donors (Lipinski definition) is 0. The van der Waals surface area contributed by atoms with Crippen LogP contribution in [0.15, 0.2) is 11.6 Å². The Morgan fingerprint density at radius 1 is 1.62 bits per heavy atom. The van der Waals surface area contributed by atoms with Crippen LogP contribution in [0.5, 0.6) is 0 Å². The van der Waals surface area contributed by atoms with E-state index in [1.807, 2.05) is 0 Å². The Kier molecular flexibility index (Phi) is 0.908. The highest BCUT2D eigenvalue weighted by molar-refractivity contribution is 5.15. The van der Waals surface area contributed by atoms with Gasteiger partial charge >= 0.3 is 0 Å². The molecule has 0 amide bonds. The summed E-state index contributed by atoms with van der Waals surface area (Å²) in [5, 5.41) is 0. The number of fused-ring (bicyclic) bond motifs is 1. The van der Waals surface area contributed by atoms with Crippen LogP contribution in [0.1, 0.15) is 12.8 Å². The van der Waals surface area contributed by atoms with Crippen molar-refractivity contribution in [3.63, 3.8) is 0 Å². The van der Waals surface area contributed by atoms with E-state index in [-0.39, 0.29) is 0 Å². The van der Waals surface area contributed by atoms with E-state index in [1.165, 1.54) is 12.8 Å². The fourth-order valence-electron chi connectivity index (χ4n) is 1.51. The maximum absolute atomic E-state index is 5.24. The topological polar surface area (TPSA) is 9.23 Å². The van der Waals surface area contributed by atoms with Crippen molar-refractivity contribution in [3.05, 3.63) is 11.6 Å². The highest BCUT2D eigenvalue weighted by atomic mass is 16.5. The van der Waals surface area contributed by atoms with Gasteiger partial charge in [-0.25, -0.2) is 0 Å². The lowest BCUT2D eigenvalue weighted by Crippen LogP contribution is -1.94. The van der Waals surface area contributed by atoms with Crippen LogP contribution < -0.4 is 0 Å². The summed E-state index contributed by atoms with van der Waals surface area (Å²) in [4.78, 5) is 0. The maximum Gasteiger partial charge on any atom is 0.0680 e. The molecule has 0 aromatic heterocycles. The molecule has 2 rings (SSSR count). The van der Waals surface area contributed by atoms with Crippen molar-refractivity contribution in [2.45, 2.75) is 12.8 Å². The van der Waals surface area contributed by atoms with E-state index in [9.17, 15) is 0 Å². The fourth-order valence-corrected chi connectivity index (χ4v) is 1.51.